The summed E-state index contributed by atoms with van der Waals surface area (Å²) in [5.41, 5.74) is 6.64. The van der Waals surface area contributed by atoms with E-state index < -0.39 is 24.2 Å². The van der Waals surface area contributed by atoms with Crippen molar-refractivity contribution in [3.05, 3.63) is 23.8 Å². The van der Waals surface area contributed by atoms with E-state index in [4.69, 9.17) is 20.7 Å². The predicted molar refractivity (Wildman–Crippen MR) is 69.5 cm³/mol. The minimum absolute atomic E-state index is 0.0999. The third-order valence-corrected chi connectivity index (χ3v) is 2.88. The Labute approximate surface area is 119 Å². The number of aliphatic carboxylic acids is 2. The van der Waals surface area contributed by atoms with Crippen molar-refractivity contribution in [3.63, 3.8) is 0 Å². The summed E-state index contributed by atoms with van der Waals surface area (Å²) >= 11 is 0. The summed E-state index contributed by atoms with van der Waals surface area (Å²) < 4.78 is 31.7. The second-order valence-electron chi connectivity index (χ2n) is 5.09. The Bertz CT molecular complexity index is 457. The molecule has 0 aromatic rings. The number of rotatable bonds is 3. The highest BCUT2D eigenvalue weighted by molar-refractivity contribution is 5.73. The Kier molecular flexibility index (Phi) is 6.62. The molecule has 8 heteroatoms. The summed E-state index contributed by atoms with van der Waals surface area (Å²) in [6, 6.07) is -0.767. The van der Waals surface area contributed by atoms with Crippen LogP contribution in [0.15, 0.2) is 23.8 Å². The lowest BCUT2D eigenvalue weighted by Crippen LogP contribution is -2.35. The zero-order chi connectivity index (χ0) is 16.8. The topological polar surface area (TPSA) is 101 Å². The van der Waals surface area contributed by atoms with Crippen LogP contribution < -0.4 is 5.73 Å². The van der Waals surface area contributed by atoms with Crippen molar-refractivity contribution in [2.75, 3.05) is 0 Å². The molecule has 1 aliphatic carbocycles. The fourth-order valence-electron chi connectivity index (χ4n) is 1.60. The molecule has 0 aliphatic heterocycles. The fourth-order valence-corrected chi connectivity index (χ4v) is 1.60. The van der Waals surface area contributed by atoms with Crippen LogP contribution in [0.2, 0.25) is 0 Å². The molecule has 120 valence electrons. The van der Waals surface area contributed by atoms with Gasteiger partial charge in [-0.15, -0.1) is 0 Å². The highest BCUT2D eigenvalue weighted by Crippen LogP contribution is 2.33. The van der Waals surface area contributed by atoms with Crippen LogP contribution >= 0.6 is 0 Å². The SMILES string of the molecule is CC1=CCC(C)(C[C@@H](N)C(=O)O)C=C1.O=C(O)C(F)(F)F. The van der Waals surface area contributed by atoms with Gasteiger partial charge in [-0.2, -0.15) is 13.2 Å². The first-order chi connectivity index (χ1) is 9.37. The normalized spacial score (nSPS) is 22.7. The molecule has 5 nitrogen and oxygen atoms in total. The molecule has 0 aromatic carbocycles. The third-order valence-electron chi connectivity index (χ3n) is 2.88. The number of halogens is 3. The number of carbonyl (C=O) groups is 2. The van der Waals surface area contributed by atoms with Crippen LogP contribution in [0.25, 0.3) is 0 Å². The third kappa shape index (κ3) is 7.50. The molecule has 1 rings (SSSR count). The first-order valence-corrected chi connectivity index (χ1v) is 6.02. The summed E-state index contributed by atoms with van der Waals surface area (Å²) in [7, 11) is 0. The Hall–Kier alpha value is -1.83. The average Bonchev–Trinajstić information content (AvgIpc) is 2.32. The molecule has 21 heavy (non-hydrogen) atoms. The molecule has 0 spiro atoms. The van der Waals surface area contributed by atoms with Gasteiger partial charge in [0.25, 0.3) is 0 Å². The highest BCUT2D eigenvalue weighted by Gasteiger charge is 2.38. The lowest BCUT2D eigenvalue weighted by atomic mass is 9.77. The Morgan fingerprint density at radius 1 is 1.43 bits per heavy atom. The maximum Gasteiger partial charge on any atom is 0.490 e. The monoisotopic (exact) mass is 309 g/mol. The molecule has 0 radical (unpaired) electrons. The van der Waals surface area contributed by atoms with Gasteiger partial charge in [0.15, 0.2) is 0 Å². The van der Waals surface area contributed by atoms with Crippen LogP contribution in [0, 0.1) is 5.41 Å². The van der Waals surface area contributed by atoms with Gasteiger partial charge in [-0.05, 0) is 25.2 Å². The number of carboxylic acids is 2. The largest absolute Gasteiger partial charge is 0.490 e. The number of hydrogen-bond donors (Lipinski definition) is 3. The van der Waals surface area contributed by atoms with E-state index in [0.29, 0.717) is 6.42 Å². The van der Waals surface area contributed by atoms with Gasteiger partial charge in [0.1, 0.15) is 6.04 Å². The van der Waals surface area contributed by atoms with Gasteiger partial charge in [-0.1, -0.05) is 30.7 Å². The van der Waals surface area contributed by atoms with Crippen LogP contribution in [0.3, 0.4) is 0 Å². The molecule has 0 saturated heterocycles. The van der Waals surface area contributed by atoms with Gasteiger partial charge in [0.2, 0.25) is 0 Å². The molecule has 1 aliphatic rings. The summed E-state index contributed by atoms with van der Waals surface area (Å²) in [6.45, 7) is 4.07. The zero-order valence-corrected chi connectivity index (χ0v) is 11.6. The summed E-state index contributed by atoms with van der Waals surface area (Å²) in [5, 5.41) is 15.8. The minimum Gasteiger partial charge on any atom is -0.480 e. The predicted octanol–water partition coefficient (Wildman–Crippen LogP) is 2.33. The minimum atomic E-state index is -5.08. The molecule has 0 bridgehead atoms. The van der Waals surface area contributed by atoms with Gasteiger partial charge in [0, 0.05) is 0 Å². The number of hydrogen-bond acceptors (Lipinski definition) is 3. The van der Waals surface area contributed by atoms with Gasteiger partial charge < -0.3 is 15.9 Å². The van der Waals surface area contributed by atoms with Gasteiger partial charge >= 0.3 is 18.1 Å². The number of allylic oxidation sites excluding steroid dienone is 4. The first-order valence-electron chi connectivity index (χ1n) is 6.02. The zero-order valence-electron chi connectivity index (χ0n) is 11.6. The van der Waals surface area contributed by atoms with E-state index in [1.54, 1.807) is 0 Å². The maximum atomic E-state index is 10.6. The van der Waals surface area contributed by atoms with E-state index in [2.05, 4.69) is 12.2 Å². The molecule has 0 amide bonds. The van der Waals surface area contributed by atoms with Crippen LogP contribution in [-0.2, 0) is 9.59 Å². The average molecular weight is 309 g/mol. The van der Waals surface area contributed by atoms with E-state index >= 15 is 0 Å². The Morgan fingerprint density at radius 2 is 1.90 bits per heavy atom. The van der Waals surface area contributed by atoms with E-state index in [1.165, 1.54) is 5.57 Å². The molecular formula is C13H18F3NO4. The molecule has 0 saturated carbocycles. The van der Waals surface area contributed by atoms with Crippen molar-refractivity contribution >= 4 is 11.9 Å². The molecule has 0 heterocycles. The van der Waals surface area contributed by atoms with Crippen molar-refractivity contribution in [1.82, 2.24) is 0 Å². The summed E-state index contributed by atoms with van der Waals surface area (Å²) in [4.78, 5) is 19.5. The lowest BCUT2D eigenvalue weighted by Gasteiger charge is -2.29. The van der Waals surface area contributed by atoms with Gasteiger partial charge in [-0.25, -0.2) is 4.79 Å². The van der Waals surface area contributed by atoms with E-state index in [0.717, 1.165) is 6.42 Å². The van der Waals surface area contributed by atoms with E-state index in [9.17, 15) is 18.0 Å². The summed E-state index contributed by atoms with van der Waals surface area (Å²) in [6.07, 6.45) is 2.48. The Morgan fingerprint density at radius 3 is 2.19 bits per heavy atom. The smallest absolute Gasteiger partial charge is 0.480 e. The van der Waals surface area contributed by atoms with Crippen molar-refractivity contribution in [3.8, 4) is 0 Å². The summed E-state index contributed by atoms with van der Waals surface area (Å²) in [5.74, 6) is -3.68. The maximum absolute atomic E-state index is 10.6. The van der Waals surface area contributed by atoms with Gasteiger partial charge in [0.05, 0.1) is 0 Å². The second-order valence-corrected chi connectivity index (χ2v) is 5.09. The highest BCUT2D eigenvalue weighted by atomic mass is 19.4. The molecule has 2 atom stereocenters. The fraction of sp³-hybridized carbons (Fsp3) is 0.538. The molecular weight excluding hydrogens is 291 g/mol. The molecule has 4 N–H and O–H groups in total. The van der Waals surface area contributed by atoms with Gasteiger partial charge in [-0.3, -0.25) is 4.79 Å². The lowest BCUT2D eigenvalue weighted by molar-refractivity contribution is -0.192. The number of alkyl halides is 3. The van der Waals surface area contributed by atoms with E-state index in [1.807, 2.05) is 19.9 Å². The number of nitrogens with two attached hydrogens (primary N) is 1. The quantitative estimate of drug-likeness (QED) is 0.743. The van der Waals surface area contributed by atoms with Crippen molar-refractivity contribution in [2.24, 2.45) is 11.1 Å². The molecule has 0 fully saturated rings. The van der Waals surface area contributed by atoms with Crippen LogP contribution in [0.5, 0.6) is 0 Å². The number of carboxylic acid groups (broad SMARTS) is 2. The molecule has 0 aromatic heterocycles. The second kappa shape index (κ2) is 7.26. The standard InChI is InChI=1S/C11H17NO2.C2HF3O2/c1-8-3-5-11(2,6-4-8)7-9(12)10(13)14;3-2(4,5)1(6)7/h3-5,9H,6-7,12H2,1-2H3,(H,13,14);(H,6,7)/t9-,11?;/m1./s1. The van der Waals surface area contributed by atoms with Crippen LogP contribution in [0.1, 0.15) is 26.7 Å². The molecule has 1 unspecified atom stereocenters. The van der Waals surface area contributed by atoms with E-state index in [-0.39, 0.29) is 5.41 Å². The van der Waals surface area contributed by atoms with Crippen molar-refractivity contribution in [2.45, 2.75) is 38.9 Å². The van der Waals surface area contributed by atoms with Crippen LogP contribution in [0.4, 0.5) is 13.2 Å². The Balaban J connectivity index is 0.000000486. The van der Waals surface area contributed by atoms with Crippen LogP contribution in [-0.4, -0.2) is 34.4 Å². The first kappa shape index (κ1) is 19.2. The van der Waals surface area contributed by atoms with Crippen molar-refractivity contribution < 1.29 is 33.0 Å². The van der Waals surface area contributed by atoms with Crippen molar-refractivity contribution in [1.29, 1.82) is 0 Å².